The maximum absolute atomic E-state index is 12.0. The van der Waals surface area contributed by atoms with Crippen LogP contribution in [0.4, 0.5) is 0 Å². The topological polar surface area (TPSA) is 127 Å². The highest BCUT2D eigenvalue weighted by Gasteiger charge is 2.24. The molecule has 0 saturated carbocycles. The molecular formula is C10H17N5O4S. The summed E-state index contributed by atoms with van der Waals surface area (Å²) in [6, 6.07) is 0. The first kappa shape index (κ1) is 14.9. The third kappa shape index (κ3) is 3.54. The van der Waals surface area contributed by atoms with Gasteiger partial charge in [0.1, 0.15) is 5.56 Å². The van der Waals surface area contributed by atoms with Crippen molar-refractivity contribution >= 4 is 16.0 Å². The van der Waals surface area contributed by atoms with Crippen LogP contribution in [0, 0.1) is 0 Å². The Hall–Kier alpha value is -1.49. The van der Waals surface area contributed by atoms with Gasteiger partial charge in [0.2, 0.25) is 0 Å². The van der Waals surface area contributed by atoms with Crippen LogP contribution in [0.15, 0.2) is 11.2 Å². The number of aromatic amines is 1. The number of nitrogens with zero attached hydrogens (tertiary/aromatic N) is 2. The number of carbonyl (C=O) groups is 1. The third-order valence-corrected chi connectivity index (χ3v) is 4.47. The Morgan fingerprint density at radius 1 is 1.45 bits per heavy atom. The van der Waals surface area contributed by atoms with E-state index in [-0.39, 0.29) is 12.1 Å². The molecule has 1 aliphatic heterocycles. The largest absolute Gasteiger partial charge is 0.478 e. The molecule has 0 aliphatic carbocycles. The van der Waals surface area contributed by atoms with Gasteiger partial charge in [0.15, 0.2) is 5.03 Å². The van der Waals surface area contributed by atoms with Crippen LogP contribution in [0.1, 0.15) is 10.4 Å². The second-order valence-electron chi connectivity index (χ2n) is 4.41. The van der Waals surface area contributed by atoms with E-state index in [0.717, 1.165) is 32.4 Å². The summed E-state index contributed by atoms with van der Waals surface area (Å²) in [5.74, 6) is -1.33. The first-order chi connectivity index (χ1) is 9.50. The van der Waals surface area contributed by atoms with Gasteiger partial charge in [-0.15, -0.1) is 0 Å². The Morgan fingerprint density at radius 2 is 2.15 bits per heavy atom. The quantitative estimate of drug-likeness (QED) is 0.493. The smallest absolute Gasteiger partial charge is 0.340 e. The number of hydrogen-bond acceptors (Lipinski definition) is 6. The van der Waals surface area contributed by atoms with Gasteiger partial charge in [0.25, 0.3) is 10.0 Å². The molecule has 20 heavy (non-hydrogen) atoms. The van der Waals surface area contributed by atoms with Crippen molar-refractivity contribution in [1.29, 1.82) is 0 Å². The number of carboxylic acids is 1. The molecule has 1 aliphatic rings. The molecule has 0 amide bonds. The fourth-order valence-electron chi connectivity index (χ4n) is 1.98. The fourth-order valence-corrected chi connectivity index (χ4v) is 3.08. The molecule has 0 radical (unpaired) electrons. The summed E-state index contributed by atoms with van der Waals surface area (Å²) in [5.41, 5.74) is -0.361. The minimum atomic E-state index is -3.88. The standard InChI is InChI=1S/C10H17N5O4S/c16-10(17)8-7-12-14-9(8)20(18,19)13-3-6-15-4-1-11-2-5-15/h7,11,13H,1-6H2,(H,12,14)(H,16,17). The number of aromatic carboxylic acids is 1. The predicted octanol–water partition coefficient (Wildman–Crippen LogP) is -1.71. The molecule has 4 N–H and O–H groups in total. The van der Waals surface area contributed by atoms with Crippen LogP contribution in [0.5, 0.6) is 0 Å². The van der Waals surface area contributed by atoms with E-state index in [1.54, 1.807) is 0 Å². The molecule has 112 valence electrons. The van der Waals surface area contributed by atoms with Crippen molar-refractivity contribution in [1.82, 2.24) is 25.1 Å². The van der Waals surface area contributed by atoms with Crippen LogP contribution < -0.4 is 10.0 Å². The summed E-state index contributed by atoms with van der Waals surface area (Å²) in [7, 11) is -3.88. The van der Waals surface area contributed by atoms with Gasteiger partial charge in [0, 0.05) is 39.3 Å². The number of nitrogens with one attached hydrogen (secondary N) is 3. The van der Waals surface area contributed by atoms with Gasteiger partial charge in [-0.25, -0.2) is 17.9 Å². The molecule has 2 heterocycles. The van der Waals surface area contributed by atoms with E-state index in [1.807, 2.05) is 0 Å². The molecule has 0 unspecified atom stereocenters. The van der Waals surface area contributed by atoms with E-state index < -0.39 is 21.0 Å². The van der Waals surface area contributed by atoms with E-state index in [9.17, 15) is 13.2 Å². The van der Waals surface area contributed by atoms with Crippen LogP contribution in [0.2, 0.25) is 0 Å². The van der Waals surface area contributed by atoms with Crippen molar-refractivity contribution in [2.45, 2.75) is 5.03 Å². The highest BCUT2D eigenvalue weighted by Crippen LogP contribution is 2.11. The van der Waals surface area contributed by atoms with Gasteiger partial charge in [-0.05, 0) is 0 Å². The average molecular weight is 303 g/mol. The van der Waals surface area contributed by atoms with Crippen LogP contribution in [0.25, 0.3) is 0 Å². The third-order valence-electron chi connectivity index (χ3n) is 3.03. The Labute approximate surface area is 116 Å². The molecule has 0 atom stereocenters. The maximum atomic E-state index is 12.0. The number of piperazine rings is 1. The molecule has 0 bridgehead atoms. The lowest BCUT2D eigenvalue weighted by Crippen LogP contribution is -2.46. The summed E-state index contributed by atoms with van der Waals surface area (Å²) in [4.78, 5) is 13.0. The minimum absolute atomic E-state index is 0.223. The SMILES string of the molecule is O=C(O)c1cn[nH]c1S(=O)(=O)NCCN1CCNCC1. The number of carboxylic acid groups (broad SMARTS) is 1. The van der Waals surface area contributed by atoms with Gasteiger partial charge in [-0.2, -0.15) is 5.10 Å². The molecular weight excluding hydrogens is 286 g/mol. The lowest BCUT2D eigenvalue weighted by molar-refractivity contribution is 0.0692. The number of rotatable bonds is 6. The fraction of sp³-hybridized carbons (Fsp3) is 0.600. The molecule has 1 aromatic heterocycles. The zero-order chi connectivity index (χ0) is 14.6. The van der Waals surface area contributed by atoms with Crippen molar-refractivity contribution in [2.24, 2.45) is 0 Å². The second kappa shape index (κ2) is 6.31. The van der Waals surface area contributed by atoms with Crippen LogP contribution >= 0.6 is 0 Å². The number of sulfonamides is 1. The monoisotopic (exact) mass is 303 g/mol. The molecule has 2 rings (SSSR count). The van der Waals surface area contributed by atoms with E-state index in [2.05, 4.69) is 25.1 Å². The van der Waals surface area contributed by atoms with E-state index in [1.165, 1.54) is 0 Å². The van der Waals surface area contributed by atoms with Gasteiger partial charge < -0.3 is 10.4 Å². The Bertz CT molecular complexity index is 564. The Morgan fingerprint density at radius 3 is 2.80 bits per heavy atom. The first-order valence-electron chi connectivity index (χ1n) is 6.20. The number of aromatic nitrogens is 2. The lowest BCUT2D eigenvalue weighted by Gasteiger charge is -2.26. The summed E-state index contributed by atoms with van der Waals surface area (Å²) >= 11 is 0. The molecule has 1 aromatic rings. The van der Waals surface area contributed by atoms with Gasteiger partial charge in [-0.1, -0.05) is 0 Å². The summed E-state index contributed by atoms with van der Waals surface area (Å²) in [5, 5.41) is 17.3. The Kier molecular flexibility index (Phi) is 4.70. The second-order valence-corrected chi connectivity index (χ2v) is 6.11. The normalized spacial score (nSPS) is 17.2. The molecule has 0 aromatic carbocycles. The Balaban J connectivity index is 1.93. The maximum Gasteiger partial charge on any atom is 0.340 e. The highest BCUT2D eigenvalue weighted by atomic mass is 32.2. The van der Waals surface area contributed by atoms with Crippen LogP contribution in [-0.4, -0.2) is 73.9 Å². The van der Waals surface area contributed by atoms with Crippen molar-refractivity contribution < 1.29 is 18.3 Å². The zero-order valence-electron chi connectivity index (χ0n) is 10.8. The molecule has 0 spiro atoms. The first-order valence-corrected chi connectivity index (χ1v) is 7.68. The molecule has 10 heteroatoms. The molecule has 1 saturated heterocycles. The number of hydrogen-bond donors (Lipinski definition) is 4. The summed E-state index contributed by atoms with van der Waals surface area (Å²) in [6.07, 6.45) is 0.979. The van der Waals surface area contributed by atoms with Crippen LogP contribution in [-0.2, 0) is 10.0 Å². The molecule has 9 nitrogen and oxygen atoms in total. The van der Waals surface area contributed by atoms with Gasteiger partial charge >= 0.3 is 5.97 Å². The van der Waals surface area contributed by atoms with E-state index in [0.29, 0.717) is 6.54 Å². The summed E-state index contributed by atoms with van der Waals surface area (Å²) < 4.78 is 26.3. The van der Waals surface area contributed by atoms with Crippen molar-refractivity contribution in [3.05, 3.63) is 11.8 Å². The highest BCUT2D eigenvalue weighted by molar-refractivity contribution is 7.89. The van der Waals surface area contributed by atoms with Crippen LogP contribution in [0.3, 0.4) is 0 Å². The van der Waals surface area contributed by atoms with Crippen molar-refractivity contribution in [3.63, 3.8) is 0 Å². The number of H-pyrrole nitrogens is 1. The summed E-state index contributed by atoms with van der Waals surface area (Å²) in [6.45, 7) is 4.31. The molecule has 1 fully saturated rings. The average Bonchev–Trinajstić information content (AvgIpc) is 2.90. The lowest BCUT2D eigenvalue weighted by atomic mass is 10.3. The van der Waals surface area contributed by atoms with E-state index in [4.69, 9.17) is 5.11 Å². The van der Waals surface area contributed by atoms with Crippen molar-refractivity contribution in [3.8, 4) is 0 Å². The van der Waals surface area contributed by atoms with Gasteiger partial charge in [0.05, 0.1) is 6.20 Å². The van der Waals surface area contributed by atoms with E-state index >= 15 is 0 Å². The minimum Gasteiger partial charge on any atom is -0.478 e. The zero-order valence-corrected chi connectivity index (χ0v) is 11.6. The predicted molar refractivity (Wildman–Crippen MR) is 70.0 cm³/mol. The van der Waals surface area contributed by atoms with Gasteiger partial charge in [-0.3, -0.25) is 10.00 Å². The van der Waals surface area contributed by atoms with Crippen molar-refractivity contribution in [2.75, 3.05) is 39.3 Å².